The number of nitriles is 2. The molecule has 0 amide bonds. The summed E-state index contributed by atoms with van der Waals surface area (Å²) in [5.74, 6) is -0.492. The molecule has 1 aromatic rings. The van der Waals surface area contributed by atoms with Crippen molar-refractivity contribution in [3.63, 3.8) is 0 Å². The second-order valence-electron chi connectivity index (χ2n) is 7.91. The highest BCUT2D eigenvalue weighted by Gasteiger charge is 2.85. The van der Waals surface area contributed by atoms with Crippen molar-refractivity contribution < 1.29 is 24.5 Å². The third-order valence-electron chi connectivity index (χ3n) is 6.87. The van der Waals surface area contributed by atoms with Gasteiger partial charge in [0.25, 0.3) is 5.84 Å². The largest absolute Gasteiger partial charge is 0.497 e. The molecule has 4 aliphatic rings. The van der Waals surface area contributed by atoms with Crippen LogP contribution >= 0.6 is 0 Å². The van der Waals surface area contributed by atoms with Crippen LogP contribution in [0.4, 0.5) is 0 Å². The maximum absolute atomic E-state index is 10.6. The number of amidine groups is 1. The number of hydrogen-bond acceptors (Lipinski definition) is 6. The number of ether oxygens (including phenoxy) is 3. The number of methoxy groups -OCH3 is 1. The van der Waals surface area contributed by atoms with Crippen molar-refractivity contribution in [3.8, 4) is 17.9 Å². The number of benzene rings is 1. The molecule has 0 bridgehead atoms. The lowest BCUT2D eigenvalue weighted by atomic mass is 9.53. The average Bonchev–Trinajstić information content (AvgIpc) is 3.46. The van der Waals surface area contributed by atoms with Crippen molar-refractivity contribution in [3.05, 3.63) is 41.1 Å². The van der Waals surface area contributed by atoms with Gasteiger partial charge in [-0.15, -0.1) is 0 Å². The lowest BCUT2D eigenvalue weighted by molar-refractivity contribution is -0.691. The molecule has 8 heteroatoms. The number of fused-ring (bicyclic) bond motifs is 3. The molecule has 1 aromatic carbocycles. The number of nitrogens with two attached hydrogens (primary N) is 2. The molecule has 1 fully saturated rings. The Hall–Kier alpha value is -2.91. The van der Waals surface area contributed by atoms with Gasteiger partial charge in [0.1, 0.15) is 17.5 Å². The Balaban J connectivity index is 1.79. The minimum atomic E-state index is -1.44. The summed E-state index contributed by atoms with van der Waals surface area (Å²) in [4.78, 5) is 3.12. The molecular weight excluding hydrogens is 370 g/mol. The monoisotopic (exact) mass is 393 g/mol. The molecule has 1 aliphatic carbocycles. The second kappa shape index (κ2) is 6.04. The molecule has 0 aromatic heterocycles. The summed E-state index contributed by atoms with van der Waals surface area (Å²) in [7, 11) is 1.61. The first-order valence-corrected chi connectivity index (χ1v) is 9.81. The third kappa shape index (κ3) is 1.94. The van der Waals surface area contributed by atoms with Gasteiger partial charge in [0.2, 0.25) is 10.8 Å². The number of allylic oxidation sites excluding steroid dienone is 1. The molecule has 5 N–H and O–H groups in total. The van der Waals surface area contributed by atoms with Crippen LogP contribution in [-0.2, 0) is 9.47 Å². The van der Waals surface area contributed by atoms with Crippen LogP contribution in [0.1, 0.15) is 30.9 Å². The van der Waals surface area contributed by atoms with Crippen LogP contribution in [0.15, 0.2) is 35.5 Å². The molecular formula is C21H23N5O3+2. The summed E-state index contributed by atoms with van der Waals surface area (Å²) in [6.07, 6.45) is 2.52. The molecule has 5 rings (SSSR count). The van der Waals surface area contributed by atoms with Gasteiger partial charge in [0.05, 0.1) is 32.5 Å². The number of rotatable bonds is 2. The van der Waals surface area contributed by atoms with Crippen LogP contribution in [0.2, 0.25) is 0 Å². The molecule has 0 radical (unpaired) electrons. The minimum absolute atomic E-state index is 0.221. The van der Waals surface area contributed by atoms with Gasteiger partial charge in [-0.05, 0) is 37.1 Å². The number of nitrogens with one attached hydrogen (secondary N) is 1. The highest BCUT2D eigenvalue weighted by atomic mass is 16.8. The van der Waals surface area contributed by atoms with Gasteiger partial charge in [0.15, 0.2) is 0 Å². The smallest absolute Gasteiger partial charge is 0.347 e. The maximum atomic E-state index is 10.6. The molecule has 3 heterocycles. The standard InChI is InChI=1S/C21H21N5O3/c1-27-14-7-5-13(6-8-14)17-19(11-22)18(24)26-21(28-9-10-29-21)20(19,12-23)15-3-2-4-16(15)25-17/h5-8,17,25H,2-4,9-10H2,1H3,(H2,24,26)/p+2/t17-,19-,20-/m1/s1. The Morgan fingerprint density at radius 3 is 2.52 bits per heavy atom. The summed E-state index contributed by atoms with van der Waals surface area (Å²) in [6.45, 7) is 0.676. The van der Waals surface area contributed by atoms with E-state index in [1.54, 1.807) is 7.11 Å². The van der Waals surface area contributed by atoms with Crippen LogP contribution in [0, 0.1) is 33.5 Å². The zero-order chi connectivity index (χ0) is 20.3. The number of quaternary nitrogens is 1. The van der Waals surface area contributed by atoms with Gasteiger partial charge in [-0.1, -0.05) is 0 Å². The zero-order valence-corrected chi connectivity index (χ0v) is 16.2. The first-order valence-electron chi connectivity index (χ1n) is 9.81. The lowest BCUT2D eigenvalue weighted by Gasteiger charge is -2.45. The van der Waals surface area contributed by atoms with Crippen LogP contribution < -0.4 is 20.8 Å². The molecule has 0 unspecified atom stereocenters. The van der Waals surface area contributed by atoms with Crippen molar-refractivity contribution in [1.29, 1.82) is 10.5 Å². The fourth-order valence-corrected chi connectivity index (χ4v) is 5.68. The number of hydrogen-bond donors (Lipinski definition) is 3. The van der Waals surface area contributed by atoms with E-state index in [9.17, 15) is 10.5 Å². The predicted octanol–water partition coefficient (Wildman–Crippen LogP) is -1.08. The van der Waals surface area contributed by atoms with Crippen LogP contribution in [0.25, 0.3) is 0 Å². The van der Waals surface area contributed by atoms with Gasteiger partial charge in [-0.2, -0.15) is 10.5 Å². The summed E-state index contributed by atoms with van der Waals surface area (Å²) < 4.78 is 17.3. The molecule has 1 spiro atoms. The molecule has 3 aliphatic heterocycles. The Labute approximate surface area is 168 Å². The fourth-order valence-electron chi connectivity index (χ4n) is 5.68. The Morgan fingerprint density at radius 1 is 1.17 bits per heavy atom. The fraction of sp³-hybridized carbons (Fsp3) is 0.476. The van der Waals surface area contributed by atoms with Crippen molar-refractivity contribution in [2.45, 2.75) is 31.2 Å². The third-order valence-corrected chi connectivity index (χ3v) is 6.87. The molecule has 0 saturated carbocycles. The predicted molar refractivity (Wildman–Crippen MR) is 99.4 cm³/mol. The summed E-state index contributed by atoms with van der Waals surface area (Å²) in [5.41, 5.74) is 6.72. The van der Waals surface area contributed by atoms with E-state index in [2.05, 4.69) is 22.4 Å². The van der Waals surface area contributed by atoms with Gasteiger partial charge in [-0.25, -0.2) is 4.99 Å². The summed E-state index contributed by atoms with van der Waals surface area (Å²) in [6, 6.07) is 12.1. The van der Waals surface area contributed by atoms with Crippen LogP contribution in [0.3, 0.4) is 0 Å². The van der Waals surface area contributed by atoms with Gasteiger partial charge in [-0.3, -0.25) is 5.73 Å². The molecule has 3 atom stereocenters. The van der Waals surface area contributed by atoms with E-state index in [-0.39, 0.29) is 5.84 Å². The van der Waals surface area contributed by atoms with E-state index in [1.165, 1.54) is 0 Å². The molecule has 1 saturated heterocycles. The number of nitrogens with zero attached hydrogens (tertiary/aromatic N) is 2. The van der Waals surface area contributed by atoms with E-state index < -0.39 is 22.8 Å². The normalized spacial score (nSPS) is 34.3. The van der Waals surface area contributed by atoms with Gasteiger partial charge >= 0.3 is 5.91 Å². The van der Waals surface area contributed by atoms with Crippen molar-refractivity contribution in [2.75, 3.05) is 20.3 Å². The first kappa shape index (κ1) is 18.1. The van der Waals surface area contributed by atoms with E-state index in [4.69, 9.17) is 19.9 Å². The summed E-state index contributed by atoms with van der Waals surface area (Å²) >= 11 is 0. The molecule has 148 valence electrons. The Morgan fingerprint density at radius 2 is 1.90 bits per heavy atom. The quantitative estimate of drug-likeness (QED) is 0.586. The summed E-state index contributed by atoms with van der Waals surface area (Å²) in [5, 5.41) is 23.4. The second-order valence-corrected chi connectivity index (χ2v) is 7.91. The first-order chi connectivity index (χ1) is 14.1. The average molecular weight is 393 g/mol. The van der Waals surface area contributed by atoms with Gasteiger partial charge in [0, 0.05) is 17.6 Å². The maximum Gasteiger partial charge on any atom is 0.347 e. The Bertz CT molecular complexity index is 1010. The minimum Gasteiger partial charge on any atom is -0.497 e. The van der Waals surface area contributed by atoms with E-state index in [1.807, 2.05) is 24.3 Å². The van der Waals surface area contributed by atoms with E-state index in [0.717, 1.165) is 41.8 Å². The van der Waals surface area contributed by atoms with Crippen LogP contribution in [0.5, 0.6) is 5.75 Å². The highest BCUT2D eigenvalue weighted by Crippen LogP contribution is 2.62. The Kier molecular flexibility index (Phi) is 3.78. The molecule has 8 nitrogen and oxygen atoms in total. The lowest BCUT2D eigenvalue weighted by Crippen LogP contribution is -2.91. The van der Waals surface area contributed by atoms with Crippen molar-refractivity contribution in [2.24, 2.45) is 16.6 Å². The topological polar surface area (TPSA) is 132 Å². The highest BCUT2D eigenvalue weighted by molar-refractivity contribution is 5.90. The van der Waals surface area contributed by atoms with Gasteiger partial charge < -0.3 is 19.5 Å². The van der Waals surface area contributed by atoms with Crippen LogP contribution in [-0.4, -0.2) is 32.1 Å². The molecule has 29 heavy (non-hydrogen) atoms. The van der Waals surface area contributed by atoms with E-state index in [0.29, 0.717) is 13.2 Å². The van der Waals surface area contributed by atoms with E-state index >= 15 is 0 Å². The van der Waals surface area contributed by atoms with Crippen molar-refractivity contribution >= 4 is 5.84 Å². The zero-order valence-electron chi connectivity index (χ0n) is 16.2. The van der Waals surface area contributed by atoms with Crippen molar-refractivity contribution in [1.82, 2.24) is 0 Å². The SMILES string of the molecule is COc1ccc([C@H]2[NH2+]C3=C(CCC3)[C@@]3(C#N)C4([NH+]=C(N)[C@@]23C#N)OCCO4)cc1.